The van der Waals surface area contributed by atoms with Gasteiger partial charge in [-0.15, -0.1) is 0 Å². The number of unbranched alkanes of at least 4 members (excludes halogenated alkanes) is 4. The van der Waals surface area contributed by atoms with E-state index in [1.807, 2.05) is 13.8 Å². The predicted molar refractivity (Wildman–Crippen MR) is 130 cm³/mol. The summed E-state index contributed by atoms with van der Waals surface area (Å²) in [5, 5.41) is 0. The molecule has 3 rings (SSSR count). The van der Waals surface area contributed by atoms with Gasteiger partial charge in [0.2, 0.25) is 0 Å². The van der Waals surface area contributed by atoms with Crippen molar-refractivity contribution in [1.29, 1.82) is 0 Å². The fourth-order valence-corrected chi connectivity index (χ4v) is 4.20. The van der Waals surface area contributed by atoms with Crippen LogP contribution in [0.3, 0.4) is 0 Å². The van der Waals surface area contributed by atoms with Gasteiger partial charge < -0.3 is 9.53 Å². The number of carbonyl (C=O) groups is 1. The molecule has 2 bridgehead atoms. The summed E-state index contributed by atoms with van der Waals surface area (Å²) >= 11 is 0. The first-order valence-electron chi connectivity index (χ1n) is 12.3. The molecule has 4 heteroatoms. The molecule has 2 fully saturated rings. The lowest BCUT2D eigenvalue weighted by Gasteiger charge is -2.27. The largest absolute Gasteiger partial charge is 0.382 e. The Morgan fingerprint density at radius 2 is 1.66 bits per heavy atom. The maximum atomic E-state index is 10.3. The van der Waals surface area contributed by atoms with Crippen molar-refractivity contribution >= 4 is 6.29 Å². The van der Waals surface area contributed by atoms with Crippen molar-refractivity contribution in [3.8, 4) is 0 Å². The normalized spacial score (nSPS) is 24.4. The van der Waals surface area contributed by atoms with Crippen molar-refractivity contribution < 1.29 is 19.3 Å². The quantitative estimate of drug-likeness (QED) is 0.148. The molecule has 1 saturated carbocycles. The summed E-state index contributed by atoms with van der Waals surface area (Å²) in [6.45, 7) is 4.00. The zero-order valence-corrected chi connectivity index (χ0v) is 20.2. The number of benzene rings is 1. The van der Waals surface area contributed by atoms with Gasteiger partial charge >= 0.3 is 0 Å². The third-order valence-electron chi connectivity index (χ3n) is 6.20. The Morgan fingerprint density at radius 3 is 2.38 bits per heavy atom. The fourth-order valence-electron chi connectivity index (χ4n) is 4.20. The minimum absolute atomic E-state index is 0.228. The number of hydrogen-bond donors (Lipinski definition) is 0. The van der Waals surface area contributed by atoms with Crippen LogP contribution < -0.4 is 0 Å². The minimum atomic E-state index is 0.228. The number of allylic oxidation sites excluding steroid dienone is 3. The zero-order valence-electron chi connectivity index (χ0n) is 20.2. The molecule has 1 aliphatic carbocycles. The number of aryl methyl sites for hydroxylation is 1. The van der Waals surface area contributed by atoms with Crippen LogP contribution >= 0.6 is 0 Å². The first kappa shape index (κ1) is 26.5. The van der Waals surface area contributed by atoms with Crippen molar-refractivity contribution in [3.05, 3.63) is 60.2 Å². The second kappa shape index (κ2) is 16.0. The van der Waals surface area contributed by atoms with Gasteiger partial charge in [0.05, 0.1) is 12.2 Å². The number of methoxy groups -OCH3 is 1. The zero-order chi connectivity index (χ0) is 23.0. The molecule has 0 radical (unpaired) electrons. The molecule has 1 saturated heterocycles. The Bertz CT molecular complexity index is 667. The highest BCUT2D eigenvalue weighted by Crippen LogP contribution is 2.44. The molecular formula is C28H42O4. The summed E-state index contributed by atoms with van der Waals surface area (Å²) in [6.07, 6.45) is 20.5. The first-order valence-corrected chi connectivity index (χ1v) is 12.3. The Hall–Kier alpha value is -1.75. The SMILES string of the molecule is COC(C)C.O=CCCCC/C=C\C[C@@H]1C(/C=C/CCCc2ccccc2)[C@H]2C[C@@H]1OO2. The summed E-state index contributed by atoms with van der Waals surface area (Å²) in [5.74, 6) is 1.00. The van der Waals surface area contributed by atoms with Gasteiger partial charge in [0.15, 0.2) is 0 Å². The smallest absolute Gasteiger partial charge is 0.119 e. The Balaban J connectivity index is 0.000000654. The lowest BCUT2D eigenvalue weighted by atomic mass is 9.89. The topological polar surface area (TPSA) is 44.8 Å². The van der Waals surface area contributed by atoms with Crippen LogP contribution in [0.2, 0.25) is 0 Å². The van der Waals surface area contributed by atoms with E-state index in [4.69, 9.17) is 14.5 Å². The highest BCUT2D eigenvalue weighted by Gasteiger charge is 2.49. The van der Waals surface area contributed by atoms with Gasteiger partial charge in [0.25, 0.3) is 0 Å². The molecule has 2 aliphatic rings. The predicted octanol–water partition coefficient (Wildman–Crippen LogP) is 6.65. The Labute approximate surface area is 195 Å². The molecule has 4 atom stereocenters. The molecular weight excluding hydrogens is 400 g/mol. The molecule has 1 aromatic rings. The Kier molecular flexibility index (Phi) is 13.2. The van der Waals surface area contributed by atoms with E-state index in [2.05, 4.69) is 54.6 Å². The molecule has 4 nitrogen and oxygen atoms in total. The van der Waals surface area contributed by atoms with Gasteiger partial charge in [0.1, 0.15) is 12.4 Å². The van der Waals surface area contributed by atoms with Crippen molar-refractivity contribution in [2.75, 3.05) is 7.11 Å². The van der Waals surface area contributed by atoms with E-state index in [0.29, 0.717) is 24.4 Å². The average molecular weight is 443 g/mol. The molecule has 0 aromatic heterocycles. The van der Waals surface area contributed by atoms with Crippen molar-refractivity contribution in [3.63, 3.8) is 0 Å². The molecule has 1 aromatic carbocycles. The summed E-state index contributed by atoms with van der Waals surface area (Å²) in [4.78, 5) is 21.3. The fraction of sp³-hybridized carbons (Fsp3) is 0.607. The number of ether oxygens (including phenoxy) is 1. The number of fused-ring (bicyclic) bond motifs is 2. The van der Waals surface area contributed by atoms with Gasteiger partial charge in [-0.2, -0.15) is 0 Å². The van der Waals surface area contributed by atoms with E-state index >= 15 is 0 Å². The van der Waals surface area contributed by atoms with Gasteiger partial charge in [-0.05, 0) is 64.4 Å². The molecule has 0 spiro atoms. The lowest BCUT2D eigenvalue weighted by molar-refractivity contribution is -0.336. The van der Waals surface area contributed by atoms with Gasteiger partial charge in [-0.25, -0.2) is 9.78 Å². The summed E-state index contributed by atoms with van der Waals surface area (Å²) in [6, 6.07) is 10.7. The van der Waals surface area contributed by atoms with Crippen molar-refractivity contribution in [2.45, 2.75) is 89.9 Å². The number of carbonyl (C=O) groups excluding carboxylic acids is 1. The molecule has 0 N–H and O–H groups in total. The first-order chi connectivity index (χ1) is 15.7. The van der Waals surface area contributed by atoms with Gasteiger partial charge in [0, 0.05) is 31.8 Å². The molecule has 1 heterocycles. The molecule has 32 heavy (non-hydrogen) atoms. The monoisotopic (exact) mass is 442 g/mol. The molecule has 0 amide bonds. The van der Waals surface area contributed by atoms with Crippen LogP contribution in [0.15, 0.2) is 54.6 Å². The summed E-state index contributed by atoms with van der Waals surface area (Å²) in [7, 11) is 1.70. The van der Waals surface area contributed by atoms with Crippen LogP contribution in [-0.2, 0) is 25.7 Å². The highest BCUT2D eigenvalue weighted by molar-refractivity contribution is 5.48. The third kappa shape index (κ3) is 9.81. The maximum absolute atomic E-state index is 10.3. The lowest BCUT2D eigenvalue weighted by Crippen LogP contribution is -2.28. The molecule has 1 aliphatic heterocycles. The van der Waals surface area contributed by atoms with Crippen LogP contribution in [0.25, 0.3) is 0 Å². The number of hydrogen-bond acceptors (Lipinski definition) is 4. The van der Waals surface area contributed by atoms with Crippen LogP contribution in [-0.4, -0.2) is 31.7 Å². The number of aldehydes is 1. The summed E-state index contributed by atoms with van der Waals surface area (Å²) < 4.78 is 4.75. The van der Waals surface area contributed by atoms with E-state index in [1.54, 1.807) is 7.11 Å². The maximum Gasteiger partial charge on any atom is 0.119 e. The minimum Gasteiger partial charge on any atom is -0.382 e. The van der Waals surface area contributed by atoms with E-state index in [-0.39, 0.29) is 12.2 Å². The van der Waals surface area contributed by atoms with E-state index in [0.717, 1.165) is 51.2 Å². The van der Waals surface area contributed by atoms with E-state index < -0.39 is 0 Å². The standard InChI is InChI=1S/C24H32O3.C4H10O/c25-18-12-4-2-1-3-10-16-21-22(24-19-23(21)26-27-24)17-11-6-9-15-20-13-7-5-8-14-20;1-4(2)5-3/h3,5,7-8,10-11,13-14,17-18,21-24H,1-2,4,6,9,12,15-16,19H2;4H,1-3H3/b10-3-,17-11+;/t21-,22?,23+,24-;/m1./s1. The average Bonchev–Trinajstić information content (AvgIpc) is 3.41. The molecule has 1 unspecified atom stereocenters. The van der Waals surface area contributed by atoms with Crippen LogP contribution in [0.5, 0.6) is 0 Å². The second-order valence-corrected chi connectivity index (χ2v) is 8.99. The van der Waals surface area contributed by atoms with Crippen LogP contribution in [0.1, 0.15) is 70.8 Å². The van der Waals surface area contributed by atoms with Crippen molar-refractivity contribution in [2.24, 2.45) is 11.8 Å². The van der Waals surface area contributed by atoms with E-state index in [9.17, 15) is 4.79 Å². The third-order valence-corrected chi connectivity index (χ3v) is 6.20. The second-order valence-electron chi connectivity index (χ2n) is 8.99. The van der Waals surface area contributed by atoms with Gasteiger partial charge in [-0.3, -0.25) is 0 Å². The number of rotatable bonds is 13. The highest BCUT2D eigenvalue weighted by atomic mass is 17.2. The summed E-state index contributed by atoms with van der Waals surface area (Å²) in [5.41, 5.74) is 1.42. The molecule has 178 valence electrons. The Morgan fingerprint density at radius 1 is 0.969 bits per heavy atom. The van der Waals surface area contributed by atoms with E-state index in [1.165, 1.54) is 12.0 Å². The van der Waals surface area contributed by atoms with Crippen molar-refractivity contribution in [1.82, 2.24) is 0 Å². The van der Waals surface area contributed by atoms with Crippen LogP contribution in [0.4, 0.5) is 0 Å². The van der Waals surface area contributed by atoms with Crippen LogP contribution in [0, 0.1) is 11.8 Å². The van der Waals surface area contributed by atoms with Gasteiger partial charge in [-0.1, -0.05) is 54.6 Å².